The molecule has 0 fully saturated rings. The Kier molecular flexibility index (Phi) is 4.81. The molecule has 5 heteroatoms. The van der Waals surface area contributed by atoms with E-state index in [-0.39, 0.29) is 18.2 Å². The Bertz CT molecular complexity index is 1160. The van der Waals surface area contributed by atoms with Crippen LogP contribution in [0.25, 0.3) is 21.7 Å². The number of amides is 2. The number of carbonyl (C=O) groups excluding carboxylic acids is 2. The van der Waals surface area contributed by atoms with Crippen LogP contribution in [-0.4, -0.2) is 11.8 Å². The standard InChI is InChI=1S/C23H20N2O3/c1-2-15-7-9-17(10-8-15)23(27)25-24-21(26)13-18-14-28-20-12-11-16-5-3-4-6-19(16)22(18)20/h3-12,14H,2,13H2,1H3,(H,24,26)(H,25,27). The van der Waals surface area contributed by atoms with Gasteiger partial charge in [0.15, 0.2) is 0 Å². The first kappa shape index (κ1) is 17.8. The third-order valence-electron chi connectivity index (χ3n) is 4.83. The van der Waals surface area contributed by atoms with E-state index in [1.54, 1.807) is 18.4 Å². The minimum absolute atomic E-state index is 0.107. The van der Waals surface area contributed by atoms with E-state index in [0.29, 0.717) is 5.56 Å². The summed E-state index contributed by atoms with van der Waals surface area (Å²) in [5, 5.41) is 3.05. The zero-order valence-electron chi connectivity index (χ0n) is 15.5. The molecule has 0 unspecified atom stereocenters. The Morgan fingerprint density at radius 2 is 1.71 bits per heavy atom. The fourth-order valence-corrected chi connectivity index (χ4v) is 3.31. The van der Waals surface area contributed by atoms with Gasteiger partial charge in [-0.25, -0.2) is 0 Å². The van der Waals surface area contributed by atoms with Crippen LogP contribution in [0.4, 0.5) is 0 Å². The van der Waals surface area contributed by atoms with E-state index in [9.17, 15) is 9.59 Å². The van der Waals surface area contributed by atoms with Gasteiger partial charge in [0, 0.05) is 16.5 Å². The lowest BCUT2D eigenvalue weighted by Crippen LogP contribution is -2.42. The summed E-state index contributed by atoms with van der Waals surface area (Å²) >= 11 is 0. The lowest BCUT2D eigenvalue weighted by Gasteiger charge is -2.08. The maximum absolute atomic E-state index is 12.4. The second-order valence-electron chi connectivity index (χ2n) is 6.65. The number of nitrogens with one attached hydrogen (secondary N) is 2. The fourth-order valence-electron chi connectivity index (χ4n) is 3.31. The van der Waals surface area contributed by atoms with Crippen LogP contribution in [0.15, 0.2) is 71.3 Å². The molecule has 4 rings (SSSR count). The summed E-state index contributed by atoms with van der Waals surface area (Å²) in [5.74, 6) is -0.660. The zero-order valence-corrected chi connectivity index (χ0v) is 15.5. The molecule has 140 valence electrons. The summed E-state index contributed by atoms with van der Waals surface area (Å²) in [6.45, 7) is 2.05. The Balaban J connectivity index is 1.46. The van der Waals surface area contributed by atoms with Crippen LogP contribution >= 0.6 is 0 Å². The highest BCUT2D eigenvalue weighted by atomic mass is 16.3. The van der Waals surface area contributed by atoms with Crippen molar-refractivity contribution in [3.05, 3.63) is 83.6 Å². The quantitative estimate of drug-likeness (QED) is 0.529. The summed E-state index contributed by atoms with van der Waals surface area (Å²) in [7, 11) is 0. The predicted octanol–water partition coefficient (Wildman–Crippen LogP) is 4.15. The highest BCUT2D eigenvalue weighted by molar-refractivity contribution is 6.08. The van der Waals surface area contributed by atoms with Crippen LogP contribution in [0.3, 0.4) is 0 Å². The van der Waals surface area contributed by atoms with Gasteiger partial charge < -0.3 is 4.42 Å². The van der Waals surface area contributed by atoms with Gasteiger partial charge in [0.2, 0.25) is 5.91 Å². The molecule has 0 aliphatic rings. The van der Waals surface area contributed by atoms with Crippen molar-refractivity contribution in [3.8, 4) is 0 Å². The second-order valence-corrected chi connectivity index (χ2v) is 6.65. The number of fused-ring (bicyclic) bond motifs is 3. The minimum atomic E-state index is -0.349. The fraction of sp³-hybridized carbons (Fsp3) is 0.130. The molecule has 0 saturated heterocycles. The van der Waals surface area contributed by atoms with Crippen LogP contribution in [0, 0.1) is 0 Å². The van der Waals surface area contributed by atoms with Gasteiger partial charge in [-0.15, -0.1) is 0 Å². The molecule has 0 spiro atoms. The van der Waals surface area contributed by atoms with Gasteiger partial charge in [0.1, 0.15) is 5.58 Å². The monoisotopic (exact) mass is 372 g/mol. The molecule has 0 atom stereocenters. The topological polar surface area (TPSA) is 71.3 Å². The van der Waals surface area contributed by atoms with E-state index >= 15 is 0 Å². The highest BCUT2D eigenvalue weighted by Crippen LogP contribution is 2.30. The molecule has 1 aromatic heterocycles. The Labute approximate surface area is 162 Å². The largest absolute Gasteiger partial charge is 0.464 e. The molecule has 2 N–H and O–H groups in total. The van der Waals surface area contributed by atoms with E-state index in [0.717, 1.165) is 39.3 Å². The average molecular weight is 372 g/mol. The number of aryl methyl sites for hydroxylation is 1. The lowest BCUT2D eigenvalue weighted by molar-refractivity contribution is -0.121. The summed E-state index contributed by atoms with van der Waals surface area (Å²) in [4.78, 5) is 24.6. The van der Waals surface area contributed by atoms with Crippen LogP contribution in [0.1, 0.15) is 28.4 Å². The van der Waals surface area contributed by atoms with Crippen LogP contribution in [0.2, 0.25) is 0 Å². The summed E-state index contributed by atoms with van der Waals surface area (Å²) in [6, 6.07) is 19.2. The van der Waals surface area contributed by atoms with Crippen molar-refractivity contribution in [1.82, 2.24) is 10.9 Å². The molecule has 0 radical (unpaired) electrons. The Morgan fingerprint density at radius 3 is 2.50 bits per heavy atom. The van der Waals surface area contributed by atoms with E-state index in [1.165, 1.54) is 0 Å². The first-order chi connectivity index (χ1) is 13.7. The van der Waals surface area contributed by atoms with Gasteiger partial charge in [0.25, 0.3) is 5.91 Å². The molecule has 0 bridgehead atoms. The molecule has 1 heterocycles. The summed E-state index contributed by atoms with van der Waals surface area (Å²) in [5.41, 5.74) is 8.12. The molecule has 4 aromatic rings. The maximum Gasteiger partial charge on any atom is 0.269 e. The van der Waals surface area contributed by atoms with Crippen molar-refractivity contribution in [1.29, 1.82) is 0 Å². The van der Waals surface area contributed by atoms with Gasteiger partial charge >= 0.3 is 0 Å². The molecular formula is C23H20N2O3. The van der Waals surface area contributed by atoms with E-state index in [1.807, 2.05) is 48.5 Å². The molecule has 0 aliphatic heterocycles. The normalized spacial score (nSPS) is 10.9. The average Bonchev–Trinajstić information content (AvgIpc) is 3.15. The first-order valence-electron chi connectivity index (χ1n) is 9.21. The van der Waals surface area contributed by atoms with Crippen molar-refractivity contribution in [2.45, 2.75) is 19.8 Å². The smallest absolute Gasteiger partial charge is 0.269 e. The number of carbonyl (C=O) groups is 2. The van der Waals surface area contributed by atoms with E-state index in [4.69, 9.17) is 4.42 Å². The maximum atomic E-state index is 12.4. The van der Waals surface area contributed by atoms with Gasteiger partial charge in [-0.1, -0.05) is 49.4 Å². The number of benzene rings is 3. The first-order valence-corrected chi connectivity index (χ1v) is 9.21. The van der Waals surface area contributed by atoms with Gasteiger partial charge in [-0.05, 0) is 41.0 Å². The van der Waals surface area contributed by atoms with Crippen LogP contribution in [-0.2, 0) is 17.6 Å². The molecule has 5 nitrogen and oxygen atoms in total. The van der Waals surface area contributed by atoms with Gasteiger partial charge in [0.05, 0.1) is 12.7 Å². The van der Waals surface area contributed by atoms with Crippen LogP contribution in [0.5, 0.6) is 0 Å². The predicted molar refractivity (Wildman–Crippen MR) is 109 cm³/mol. The third-order valence-corrected chi connectivity index (χ3v) is 4.83. The molecule has 3 aromatic carbocycles. The molecule has 2 amide bonds. The SMILES string of the molecule is CCc1ccc(C(=O)NNC(=O)Cc2coc3ccc4ccccc4c23)cc1. The summed E-state index contributed by atoms with van der Waals surface area (Å²) in [6.07, 6.45) is 2.62. The Hall–Kier alpha value is -3.60. The van der Waals surface area contributed by atoms with Crippen molar-refractivity contribution >= 4 is 33.6 Å². The number of furan rings is 1. The van der Waals surface area contributed by atoms with Gasteiger partial charge in [-0.2, -0.15) is 0 Å². The third kappa shape index (κ3) is 3.47. The van der Waals surface area contributed by atoms with Crippen LogP contribution < -0.4 is 10.9 Å². The number of hydrazine groups is 1. The van der Waals surface area contributed by atoms with Crippen molar-refractivity contribution in [2.24, 2.45) is 0 Å². The van der Waals surface area contributed by atoms with Crippen molar-refractivity contribution < 1.29 is 14.0 Å². The lowest BCUT2D eigenvalue weighted by atomic mass is 10.0. The number of hydrogen-bond donors (Lipinski definition) is 2. The molecular weight excluding hydrogens is 352 g/mol. The minimum Gasteiger partial charge on any atom is -0.464 e. The molecule has 0 saturated carbocycles. The molecule has 28 heavy (non-hydrogen) atoms. The second kappa shape index (κ2) is 7.56. The number of rotatable bonds is 4. The van der Waals surface area contributed by atoms with Crippen molar-refractivity contribution in [2.75, 3.05) is 0 Å². The van der Waals surface area contributed by atoms with Crippen molar-refractivity contribution in [3.63, 3.8) is 0 Å². The highest BCUT2D eigenvalue weighted by Gasteiger charge is 2.14. The molecule has 0 aliphatic carbocycles. The van der Waals surface area contributed by atoms with E-state index < -0.39 is 0 Å². The zero-order chi connectivity index (χ0) is 19.5. The number of hydrogen-bond acceptors (Lipinski definition) is 3. The van der Waals surface area contributed by atoms with E-state index in [2.05, 4.69) is 17.8 Å². The Morgan fingerprint density at radius 1 is 0.929 bits per heavy atom. The van der Waals surface area contributed by atoms with Gasteiger partial charge in [-0.3, -0.25) is 20.4 Å². The summed E-state index contributed by atoms with van der Waals surface area (Å²) < 4.78 is 5.61.